The molecule has 0 saturated carbocycles. The second-order valence-electron chi connectivity index (χ2n) is 3.87. The van der Waals surface area contributed by atoms with Crippen molar-refractivity contribution < 1.29 is 19.3 Å². The quantitative estimate of drug-likeness (QED) is 0.774. The van der Waals surface area contributed by atoms with Crippen molar-refractivity contribution in [3.63, 3.8) is 0 Å². The fraction of sp³-hybridized carbons (Fsp3) is 0.571. The Labute approximate surface area is 108 Å². The highest BCUT2D eigenvalue weighted by molar-refractivity contribution is 5.43. The fourth-order valence-corrected chi connectivity index (χ4v) is 1.67. The SMILES string of the molecule is CCOc1ccc(C(O)CCOC)cc1OCC. The third kappa shape index (κ3) is 4.20. The molecule has 0 spiro atoms. The predicted octanol–water partition coefficient (Wildman–Crippen LogP) is 2.55. The van der Waals surface area contributed by atoms with E-state index in [1.165, 1.54) is 0 Å². The molecule has 0 saturated heterocycles. The van der Waals surface area contributed by atoms with Crippen LogP contribution in [0.5, 0.6) is 11.5 Å². The minimum Gasteiger partial charge on any atom is -0.490 e. The van der Waals surface area contributed by atoms with Gasteiger partial charge in [0.15, 0.2) is 11.5 Å². The van der Waals surface area contributed by atoms with Crippen LogP contribution in [0.4, 0.5) is 0 Å². The van der Waals surface area contributed by atoms with Crippen molar-refractivity contribution in [3.8, 4) is 11.5 Å². The number of aliphatic hydroxyl groups is 1. The zero-order valence-corrected chi connectivity index (χ0v) is 11.3. The van der Waals surface area contributed by atoms with Crippen LogP contribution in [0.3, 0.4) is 0 Å². The van der Waals surface area contributed by atoms with Crippen LogP contribution in [0.15, 0.2) is 18.2 Å². The third-order valence-corrected chi connectivity index (χ3v) is 2.55. The molecule has 0 radical (unpaired) electrons. The minimum absolute atomic E-state index is 0.526. The van der Waals surface area contributed by atoms with E-state index in [4.69, 9.17) is 14.2 Å². The second kappa shape index (κ2) is 7.95. The van der Waals surface area contributed by atoms with E-state index in [-0.39, 0.29) is 0 Å². The highest BCUT2D eigenvalue weighted by Gasteiger charge is 2.12. The van der Waals surface area contributed by atoms with E-state index in [0.717, 1.165) is 5.56 Å². The van der Waals surface area contributed by atoms with Gasteiger partial charge in [-0.2, -0.15) is 0 Å². The highest BCUT2D eigenvalue weighted by Crippen LogP contribution is 2.31. The normalized spacial score (nSPS) is 12.2. The van der Waals surface area contributed by atoms with Crippen LogP contribution >= 0.6 is 0 Å². The van der Waals surface area contributed by atoms with Gasteiger partial charge >= 0.3 is 0 Å². The summed E-state index contributed by atoms with van der Waals surface area (Å²) in [6.45, 7) is 5.53. The summed E-state index contributed by atoms with van der Waals surface area (Å²) in [5, 5.41) is 9.99. The first-order valence-corrected chi connectivity index (χ1v) is 6.29. The summed E-state index contributed by atoms with van der Waals surface area (Å²) in [5.41, 5.74) is 0.818. The number of hydrogen-bond donors (Lipinski definition) is 1. The van der Waals surface area contributed by atoms with Crippen LogP contribution in [0.1, 0.15) is 31.9 Å². The van der Waals surface area contributed by atoms with E-state index in [1.807, 2.05) is 32.0 Å². The van der Waals surface area contributed by atoms with Gasteiger partial charge in [-0.15, -0.1) is 0 Å². The van der Waals surface area contributed by atoms with E-state index in [2.05, 4.69) is 0 Å². The standard InChI is InChI=1S/C14H22O4/c1-4-17-13-7-6-11(10-14(13)18-5-2)12(15)8-9-16-3/h6-7,10,12,15H,4-5,8-9H2,1-3H3. The zero-order valence-electron chi connectivity index (χ0n) is 11.3. The van der Waals surface area contributed by atoms with Gasteiger partial charge < -0.3 is 19.3 Å². The molecule has 1 N–H and O–H groups in total. The lowest BCUT2D eigenvalue weighted by molar-refractivity contribution is 0.110. The molecule has 1 aromatic rings. The van der Waals surface area contributed by atoms with E-state index in [0.29, 0.717) is 37.7 Å². The van der Waals surface area contributed by atoms with E-state index >= 15 is 0 Å². The van der Waals surface area contributed by atoms with Crippen molar-refractivity contribution in [1.29, 1.82) is 0 Å². The van der Waals surface area contributed by atoms with Crippen molar-refractivity contribution in [2.24, 2.45) is 0 Å². The number of hydrogen-bond acceptors (Lipinski definition) is 4. The molecule has 0 aromatic heterocycles. The van der Waals surface area contributed by atoms with Crippen LogP contribution in [0.25, 0.3) is 0 Å². The summed E-state index contributed by atoms with van der Waals surface area (Å²) in [6.07, 6.45) is 0.0237. The molecule has 1 aromatic carbocycles. The molecule has 0 aliphatic heterocycles. The molecule has 4 nitrogen and oxygen atoms in total. The first-order chi connectivity index (χ1) is 8.72. The van der Waals surface area contributed by atoms with E-state index in [9.17, 15) is 5.11 Å². The Bertz CT molecular complexity index is 352. The van der Waals surface area contributed by atoms with Crippen LogP contribution in [0, 0.1) is 0 Å². The summed E-state index contributed by atoms with van der Waals surface area (Å²) in [5.74, 6) is 1.38. The monoisotopic (exact) mass is 254 g/mol. The molecule has 18 heavy (non-hydrogen) atoms. The molecule has 0 fully saturated rings. The Morgan fingerprint density at radius 1 is 1.11 bits per heavy atom. The van der Waals surface area contributed by atoms with Crippen LogP contribution in [-0.4, -0.2) is 32.0 Å². The molecule has 1 atom stereocenters. The molecule has 0 bridgehead atoms. The average Bonchev–Trinajstić information content (AvgIpc) is 2.38. The van der Waals surface area contributed by atoms with Gasteiger partial charge in [0.2, 0.25) is 0 Å². The molecular weight excluding hydrogens is 232 g/mol. The maximum absolute atomic E-state index is 9.99. The van der Waals surface area contributed by atoms with Gasteiger partial charge in [-0.05, 0) is 31.5 Å². The zero-order chi connectivity index (χ0) is 13.4. The molecule has 0 aliphatic rings. The van der Waals surface area contributed by atoms with Crippen molar-refractivity contribution >= 4 is 0 Å². The van der Waals surface area contributed by atoms with Gasteiger partial charge in [0.25, 0.3) is 0 Å². The molecule has 0 heterocycles. The molecule has 102 valence electrons. The smallest absolute Gasteiger partial charge is 0.161 e. The maximum Gasteiger partial charge on any atom is 0.161 e. The highest BCUT2D eigenvalue weighted by atomic mass is 16.5. The number of methoxy groups -OCH3 is 1. The summed E-state index contributed by atoms with van der Waals surface area (Å²) in [7, 11) is 1.62. The van der Waals surface area contributed by atoms with Crippen molar-refractivity contribution in [1.82, 2.24) is 0 Å². The van der Waals surface area contributed by atoms with Crippen molar-refractivity contribution in [2.45, 2.75) is 26.4 Å². The summed E-state index contributed by atoms with van der Waals surface area (Å²) in [4.78, 5) is 0. The van der Waals surface area contributed by atoms with Gasteiger partial charge in [-0.1, -0.05) is 6.07 Å². The van der Waals surface area contributed by atoms with Gasteiger partial charge in [0.1, 0.15) is 0 Å². The van der Waals surface area contributed by atoms with Gasteiger partial charge in [-0.25, -0.2) is 0 Å². The Hall–Kier alpha value is -1.26. The van der Waals surface area contributed by atoms with Crippen LogP contribution in [0.2, 0.25) is 0 Å². The van der Waals surface area contributed by atoms with Crippen LogP contribution in [-0.2, 0) is 4.74 Å². The van der Waals surface area contributed by atoms with Gasteiger partial charge in [0.05, 0.1) is 19.3 Å². The molecule has 1 rings (SSSR count). The molecular formula is C14H22O4. The number of rotatable bonds is 8. The molecule has 0 aliphatic carbocycles. The van der Waals surface area contributed by atoms with E-state index in [1.54, 1.807) is 7.11 Å². The summed E-state index contributed by atoms with van der Waals surface area (Å²) >= 11 is 0. The Morgan fingerprint density at radius 2 is 1.78 bits per heavy atom. The van der Waals surface area contributed by atoms with Crippen molar-refractivity contribution in [3.05, 3.63) is 23.8 Å². The largest absolute Gasteiger partial charge is 0.490 e. The topological polar surface area (TPSA) is 47.9 Å². The Morgan fingerprint density at radius 3 is 2.39 bits per heavy atom. The lowest BCUT2D eigenvalue weighted by atomic mass is 10.1. The number of aliphatic hydroxyl groups excluding tert-OH is 1. The molecule has 4 heteroatoms. The summed E-state index contributed by atoms with van der Waals surface area (Å²) in [6, 6.07) is 5.52. The Kier molecular flexibility index (Phi) is 6.54. The third-order valence-electron chi connectivity index (χ3n) is 2.55. The first-order valence-electron chi connectivity index (χ1n) is 6.29. The predicted molar refractivity (Wildman–Crippen MR) is 70.2 cm³/mol. The summed E-state index contributed by atoms with van der Waals surface area (Å²) < 4.78 is 15.9. The Balaban J connectivity index is 2.84. The molecule has 1 unspecified atom stereocenters. The number of benzene rings is 1. The molecule has 0 amide bonds. The average molecular weight is 254 g/mol. The lowest BCUT2D eigenvalue weighted by Crippen LogP contribution is -2.04. The van der Waals surface area contributed by atoms with Crippen molar-refractivity contribution in [2.75, 3.05) is 26.9 Å². The first kappa shape index (κ1) is 14.8. The minimum atomic E-state index is -0.542. The maximum atomic E-state index is 9.99. The van der Waals surface area contributed by atoms with Crippen LogP contribution < -0.4 is 9.47 Å². The second-order valence-corrected chi connectivity index (χ2v) is 3.87. The van der Waals surface area contributed by atoms with E-state index < -0.39 is 6.10 Å². The number of ether oxygens (including phenoxy) is 3. The van der Waals surface area contributed by atoms with Gasteiger partial charge in [0, 0.05) is 20.1 Å². The fourth-order valence-electron chi connectivity index (χ4n) is 1.67. The van der Waals surface area contributed by atoms with Gasteiger partial charge in [-0.3, -0.25) is 0 Å². The lowest BCUT2D eigenvalue weighted by Gasteiger charge is -2.15.